The molecule has 6 heteroatoms. The van der Waals surface area contributed by atoms with Crippen molar-refractivity contribution in [3.05, 3.63) is 22.6 Å². The second-order valence-corrected chi connectivity index (χ2v) is 2.55. The number of azide groups is 1. The van der Waals surface area contributed by atoms with Crippen molar-refractivity contribution >= 4 is 0 Å². The van der Waals surface area contributed by atoms with Crippen LogP contribution in [0.5, 0.6) is 0 Å². The van der Waals surface area contributed by atoms with Crippen molar-refractivity contribution in [3.63, 3.8) is 0 Å². The van der Waals surface area contributed by atoms with E-state index in [1.807, 2.05) is 0 Å². The van der Waals surface area contributed by atoms with Gasteiger partial charge < -0.3 is 15.3 Å². The van der Waals surface area contributed by atoms with Crippen LogP contribution in [0.4, 0.5) is 0 Å². The standard InChI is InChI=1S/C6H9N3O3/c7-9-8-5-3(10)1-2-4(11)6(5)12/h1-6,10-12H. The van der Waals surface area contributed by atoms with Crippen LogP contribution in [0.2, 0.25) is 0 Å². The van der Waals surface area contributed by atoms with E-state index < -0.39 is 24.4 Å². The first kappa shape index (κ1) is 9.02. The summed E-state index contributed by atoms with van der Waals surface area (Å²) in [6, 6.07) is -1.00. The first-order valence-electron chi connectivity index (χ1n) is 3.43. The van der Waals surface area contributed by atoms with Crippen molar-refractivity contribution in [1.82, 2.24) is 0 Å². The number of rotatable bonds is 1. The fourth-order valence-corrected chi connectivity index (χ4v) is 1.06. The molecule has 0 fully saturated rings. The Balaban J connectivity index is 2.83. The molecule has 1 aliphatic carbocycles. The van der Waals surface area contributed by atoms with Crippen LogP contribution in [0.1, 0.15) is 0 Å². The molecule has 1 aliphatic rings. The summed E-state index contributed by atoms with van der Waals surface area (Å²) in [7, 11) is 0. The highest BCUT2D eigenvalue weighted by Gasteiger charge is 2.32. The largest absolute Gasteiger partial charge is 0.390 e. The third-order valence-electron chi connectivity index (χ3n) is 1.74. The van der Waals surface area contributed by atoms with Gasteiger partial charge in [-0.1, -0.05) is 17.3 Å². The Morgan fingerprint density at radius 2 is 1.75 bits per heavy atom. The minimum atomic E-state index is -1.24. The van der Waals surface area contributed by atoms with Crippen LogP contribution in [0.15, 0.2) is 17.3 Å². The molecule has 1 rings (SSSR count). The summed E-state index contributed by atoms with van der Waals surface area (Å²) in [5, 5.41) is 30.6. The van der Waals surface area contributed by atoms with Crippen molar-refractivity contribution in [2.24, 2.45) is 5.11 Å². The van der Waals surface area contributed by atoms with Crippen molar-refractivity contribution in [3.8, 4) is 0 Å². The monoisotopic (exact) mass is 171 g/mol. The van der Waals surface area contributed by atoms with Crippen LogP contribution in [-0.2, 0) is 0 Å². The fourth-order valence-electron chi connectivity index (χ4n) is 1.06. The molecule has 0 aliphatic heterocycles. The Bertz CT molecular complexity index is 236. The molecule has 0 saturated carbocycles. The summed E-state index contributed by atoms with van der Waals surface area (Å²) in [6.07, 6.45) is -0.792. The lowest BCUT2D eigenvalue weighted by Gasteiger charge is -2.27. The molecule has 12 heavy (non-hydrogen) atoms. The van der Waals surface area contributed by atoms with Gasteiger partial charge in [0.2, 0.25) is 0 Å². The third-order valence-corrected chi connectivity index (χ3v) is 1.74. The minimum absolute atomic E-state index is 1.00. The van der Waals surface area contributed by atoms with Gasteiger partial charge in [-0.2, -0.15) is 0 Å². The molecule has 0 aromatic rings. The normalized spacial score (nSPS) is 40.6. The van der Waals surface area contributed by atoms with Gasteiger partial charge in [0.05, 0.1) is 24.4 Å². The summed E-state index contributed by atoms with van der Waals surface area (Å²) in [4.78, 5) is 2.45. The topological polar surface area (TPSA) is 109 Å². The lowest BCUT2D eigenvalue weighted by Crippen LogP contribution is -2.44. The molecule has 0 saturated heterocycles. The first-order chi connectivity index (χ1) is 5.66. The van der Waals surface area contributed by atoms with Gasteiger partial charge in [-0.25, -0.2) is 0 Å². The van der Waals surface area contributed by atoms with Gasteiger partial charge in [-0.3, -0.25) is 0 Å². The van der Waals surface area contributed by atoms with Gasteiger partial charge in [0.1, 0.15) is 0 Å². The quantitative estimate of drug-likeness (QED) is 0.210. The number of aliphatic hydroxyl groups is 3. The SMILES string of the molecule is [N-]=[N+]=NC1C(O)C=CC(O)C1O. The molecule has 3 N–H and O–H groups in total. The number of hydrogen-bond acceptors (Lipinski definition) is 4. The van der Waals surface area contributed by atoms with E-state index in [0.29, 0.717) is 0 Å². The summed E-state index contributed by atoms with van der Waals surface area (Å²) in [6.45, 7) is 0. The zero-order valence-electron chi connectivity index (χ0n) is 6.15. The molecule has 0 spiro atoms. The Labute approximate surface area is 68.4 Å². The van der Waals surface area contributed by atoms with Crippen molar-refractivity contribution in [1.29, 1.82) is 0 Å². The van der Waals surface area contributed by atoms with E-state index >= 15 is 0 Å². The number of nitrogens with zero attached hydrogens (tertiary/aromatic N) is 3. The maximum atomic E-state index is 9.21. The molecule has 0 amide bonds. The third kappa shape index (κ3) is 1.57. The molecule has 6 nitrogen and oxygen atoms in total. The highest BCUT2D eigenvalue weighted by Crippen LogP contribution is 2.16. The van der Waals surface area contributed by atoms with E-state index in [9.17, 15) is 5.11 Å². The van der Waals surface area contributed by atoms with Gasteiger partial charge >= 0.3 is 0 Å². The average molecular weight is 171 g/mol. The molecular formula is C6H9N3O3. The lowest BCUT2D eigenvalue weighted by molar-refractivity contribution is -0.00608. The van der Waals surface area contributed by atoms with Gasteiger partial charge in [-0.15, -0.1) is 0 Å². The van der Waals surface area contributed by atoms with E-state index in [1.165, 1.54) is 12.2 Å². The molecule has 4 atom stereocenters. The van der Waals surface area contributed by atoms with E-state index in [2.05, 4.69) is 10.0 Å². The van der Waals surface area contributed by atoms with Crippen LogP contribution in [0.25, 0.3) is 10.4 Å². The summed E-state index contributed by atoms with van der Waals surface area (Å²) < 4.78 is 0. The fraction of sp³-hybridized carbons (Fsp3) is 0.667. The molecule has 66 valence electrons. The highest BCUT2D eigenvalue weighted by molar-refractivity contribution is 5.10. The van der Waals surface area contributed by atoms with Crippen molar-refractivity contribution in [2.45, 2.75) is 24.4 Å². The Morgan fingerprint density at radius 3 is 2.33 bits per heavy atom. The highest BCUT2D eigenvalue weighted by atomic mass is 16.3. The number of aliphatic hydroxyl groups excluding tert-OH is 3. The van der Waals surface area contributed by atoms with Gasteiger partial charge in [0.25, 0.3) is 0 Å². The second kappa shape index (κ2) is 3.55. The average Bonchev–Trinajstić information content (AvgIpc) is 2.06. The van der Waals surface area contributed by atoms with Gasteiger partial charge in [-0.05, 0) is 5.53 Å². The van der Waals surface area contributed by atoms with Crippen LogP contribution < -0.4 is 0 Å². The predicted octanol–water partition coefficient (Wildman–Crippen LogP) is -0.682. The number of hydrogen-bond donors (Lipinski definition) is 3. The molecule has 0 radical (unpaired) electrons. The maximum absolute atomic E-state index is 9.21. The molecule has 0 aromatic heterocycles. The molecular weight excluding hydrogens is 162 g/mol. The summed E-state index contributed by atoms with van der Waals surface area (Å²) in [5.74, 6) is 0. The maximum Gasteiger partial charge on any atom is 0.0986 e. The molecule has 0 heterocycles. The van der Waals surface area contributed by atoms with Crippen LogP contribution in [0, 0.1) is 0 Å². The van der Waals surface area contributed by atoms with Gasteiger partial charge in [0, 0.05) is 4.91 Å². The predicted molar refractivity (Wildman–Crippen MR) is 40.1 cm³/mol. The van der Waals surface area contributed by atoms with Gasteiger partial charge in [0.15, 0.2) is 0 Å². The van der Waals surface area contributed by atoms with E-state index in [-0.39, 0.29) is 0 Å². The van der Waals surface area contributed by atoms with Crippen LogP contribution in [-0.4, -0.2) is 39.7 Å². The Morgan fingerprint density at radius 1 is 1.17 bits per heavy atom. The lowest BCUT2D eigenvalue weighted by atomic mass is 9.94. The van der Waals surface area contributed by atoms with Crippen LogP contribution >= 0.6 is 0 Å². The zero-order valence-corrected chi connectivity index (χ0v) is 6.15. The summed E-state index contributed by atoms with van der Waals surface area (Å²) in [5.41, 5.74) is 8.07. The second-order valence-electron chi connectivity index (χ2n) is 2.55. The molecule has 0 bridgehead atoms. The van der Waals surface area contributed by atoms with Crippen LogP contribution in [0.3, 0.4) is 0 Å². The summed E-state index contributed by atoms with van der Waals surface area (Å²) >= 11 is 0. The zero-order chi connectivity index (χ0) is 9.14. The first-order valence-corrected chi connectivity index (χ1v) is 3.43. The van der Waals surface area contributed by atoms with E-state index in [0.717, 1.165) is 0 Å². The van der Waals surface area contributed by atoms with E-state index in [1.54, 1.807) is 0 Å². The van der Waals surface area contributed by atoms with Crippen molar-refractivity contribution in [2.75, 3.05) is 0 Å². The molecule has 0 aromatic carbocycles. The Hall–Kier alpha value is -1.07. The molecule has 4 unspecified atom stereocenters. The van der Waals surface area contributed by atoms with E-state index in [4.69, 9.17) is 15.7 Å². The smallest absolute Gasteiger partial charge is 0.0986 e. The minimum Gasteiger partial charge on any atom is -0.390 e. The van der Waals surface area contributed by atoms with Crippen molar-refractivity contribution < 1.29 is 15.3 Å². The Kier molecular flexibility index (Phi) is 2.67.